The second-order valence-electron chi connectivity index (χ2n) is 4.94. The third kappa shape index (κ3) is 4.34. The third-order valence-corrected chi connectivity index (χ3v) is 3.93. The largest absolute Gasteiger partial charge is 0.385 e. The maximum atomic E-state index is 6.15. The van der Waals surface area contributed by atoms with E-state index >= 15 is 0 Å². The Morgan fingerprint density at radius 3 is 2.47 bits per heavy atom. The summed E-state index contributed by atoms with van der Waals surface area (Å²) in [6.45, 7) is 7.12. The average Bonchev–Trinajstić information content (AvgIpc) is 2.21. The van der Waals surface area contributed by atoms with Gasteiger partial charge in [0, 0.05) is 25.6 Å². The first kappa shape index (κ1) is 15.1. The minimum atomic E-state index is -0.0148. The Kier molecular flexibility index (Phi) is 5.60. The molecule has 0 spiro atoms. The van der Waals surface area contributed by atoms with Crippen molar-refractivity contribution in [2.75, 3.05) is 13.7 Å². The van der Waals surface area contributed by atoms with E-state index in [1.165, 1.54) is 0 Å². The predicted molar refractivity (Wildman–Crippen MR) is 78.7 cm³/mol. The van der Waals surface area contributed by atoms with Gasteiger partial charge in [-0.05, 0) is 29.0 Å². The SMILES string of the molecule is COCCCc1nc(Cl)c(I)c(C(C)(C)C)n1. The highest BCUT2D eigenvalue weighted by molar-refractivity contribution is 14.1. The molecular weight excluding hydrogens is 351 g/mol. The molecule has 0 fully saturated rings. The van der Waals surface area contributed by atoms with E-state index in [2.05, 4.69) is 53.3 Å². The zero-order valence-electron chi connectivity index (χ0n) is 10.7. The lowest BCUT2D eigenvalue weighted by Gasteiger charge is -2.20. The van der Waals surface area contributed by atoms with Crippen LogP contribution in [0, 0.1) is 3.57 Å². The van der Waals surface area contributed by atoms with Crippen LogP contribution in [0.2, 0.25) is 5.15 Å². The van der Waals surface area contributed by atoms with Crippen molar-refractivity contribution in [3.63, 3.8) is 0 Å². The summed E-state index contributed by atoms with van der Waals surface area (Å²) in [7, 11) is 1.70. The van der Waals surface area contributed by atoms with Crippen molar-refractivity contribution in [3.05, 3.63) is 20.2 Å². The summed E-state index contributed by atoms with van der Waals surface area (Å²) >= 11 is 8.36. The van der Waals surface area contributed by atoms with Gasteiger partial charge < -0.3 is 4.74 Å². The lowest BCUT2D eigenvalue weighted by molar-refractivity contribution is 0.194. The van der Waals surface area contributed by atoms with Gasteiger partial charge in [-0.3, -0.25) is 0 Å². The van der Waals surface area contributed by atoms with Crippen LogP contribution in [-0.4, -0.2) is 23.7 Å². The molecule has 0 aliphatic rings. The lowest BCUT2D eigenvalue weighted by Crippen LogP contribution is -2.18. The first-order valence-electron chi connectivity index (χ1n) is 5.57. The number of ether oxygens (including phenoxy) is 1. The van der Waals surface area contributed by atoms with Crippen LogP contribution in [0.3, 0.4) is 0 Å². The molecule has 0 radical (unpaired) electrons. The smallest absolute Gasteiger partial charge is 0.146 e. The van der Waals surface area contributed by atoms with E-state index in [4.69, 9.17) is 16.3 Å². The van der Waals surface area contributed by atoms with Crippen LogP contribution >= 0.6 is 34.2 Å². The summed E-state index contributed by atoms with van der Waals surface area (Å²) in [6.07, 6.45) is 1.71. The van der Waals surface area contributed by atoms with E-state index in [9.17, 15) is 0 Å². The van der Waals surface area contributed by atoms with Crippen LogP contribution in [0.15, 0.2) is 0 Å². The molecule has 0 saturated carbocycles. The van der Waals surface area contributed by atoms with Crippen LogP contribution in [-0.2, 0) is 16.6 Å². The number of nitrogens with zero attached hydrogens (tertiary/aromatic N) is 2. The van der Waals surface area contributed by atoms with Crippen LogP contribution in [0.4, 0.5) is 0 Å². The minimum Gasteiger partial charge on any atom is -0.385 e. The maximum absolute atomic E-state index is 6.15. The Morgan fingerprint density at radius 1 is 1.29 bits per heavy atom. The van der Waals surface area contributed by atoms with Crippen molar-refractivity contribution in [2.24, 2.45) is 0 Å². The van der Waals surface area contributed by atoms with Crippen molar-refractivity contribution in [3.8, 4) is 0 Å². The number of aromatic nitrogens is 2. The quantitative estimate of drug-likeness (QED) is 0.463. The molecule has 0 atom stereocenters. The Hall–Kier alpha value is 0.0600. The maximum Gasteiger partial charge on any atom is 0.146 e. The summed E-state index contributed by atoms with van der Waals surface area (Å²) in [5.41, 5.74) is 1.00. The van der Waals surface area contributed by atoms with Gasteiger partial charge in [0.1, 0.15) is 11.0 Å². The van der Waals surface area contributed by atoms with Gasteiger partial charge in [0.2, 0.25) is 0 Å². The van der Waals surface area contributed by atoms with E-state index in [1.807, 2.05) is 0 Å². The van der Waals surface area contributed by atoms with Gasteiger partial charge in [-0.1, -0.05) is 32.4 Å². The zero-order chi connectivity index (χ0) is 13.1. The molecule has 1 heterocycles. The van der Waals surface area contributed by atoms with Crippen LogP contribution in [0.1, 0.15) is 38.7 Å². The standard InChI is InChI=1S/C12H18ClIN2O/c1-12(2,3)10-9(14)11(13)16-8(15-10)6-5-7-17-4/h5-7H2,1-4H3. The number of aryl methyl sites for hydroxylation is 1. The molecule has 0 amide bonds. The molecule has 17 heavy (non-hydrogen) atoms. The molecule has 0 saturated heterocycles. The number of methoxy groups -OCH3 is 1. The molecule has 0 aliphatic carbocycles. The van der Waals surface area contributed by atoms with Gasteiger partial charge in [0.15, 0.2) is 0 Å². The van der Waals surface area contributed by atoms with Crippen molar-refractivity contribution >= 4 is 34.2 Å². The number of hydrogen-bond acceptors (Lipinski definition) is 3. The summed E-state index contributed by atoms with van der Waals surface area (Å²) in [4.78, 5) is 8.93. The molecule has 3 nitrogen and oxygen atoms in total. The van der Waals surface area contributed by atoms with E-state index in [0.29, 0.717) is 5.15 Å². The Bertz CT molecular complexity index is 391. The van der Waals surface area contributed by atoms with Crippen molar-refractivity contribution in [2.45, 2.75) is 39.0 Å². The molecule has 0 aliphatic heterocycles. The Morgan fingerprint density at radius 2 is 1.94 bits per heavy atom. The highest BCUT2D eigenvalue weighted by Gasteiger charge is 2.22. The predicted octanol–water partition coefficient (Wildman–Crippen LogP) is 3.61. The van der Waals surface area contributed by atoms with Crippen molar-refractivity contribution < 1.29 is 4.74 Å². The second kappa shape index (κ2) is 6.29. The minimum absolute atomic E-state index is 0.0148. The van der Waals surface area contributed by atoms with Gasteiger partial charge in [-0.25, -0.2) is 9.97 Å². The van der Waals surface area contributed by atoms with Gasteiger partial charge in [0.25, 0.3) is 0 Å². The second-order valence-corrected chi connectivity index (χ2v) is 6.38. The normalized spacial score (nSPS) is 11.9. The molecule has 1 aromatic rings. The van der Waals surface area contributed by atoms with E-state index < -0.39 is 0 Å². The van der Waals surface area contributed by atoms with E-state index in [1.54, 1.807) is 7.11 Å². The van der Waals surface area contributed by atoms with Crippen LogP contribution in [0.5, 0.6) is 0 Å². The lowest BCUT2D eigenvalue weighted by atomic mass is 9.92. The van der Waals surface area contributed by atoms with Gasteiger partial charge in [-0.2, -0.15) is 0 Å². The molecule has 1 aromatic heterocycles. The molecule has 0 aromatic carbocycles. The fourth-order valence-corrected chi connectivity index (χ4v) is 2.68. The first-order valence-corrected chi connectivity index (χ1v) is 7.03. The summed E-state index contributed by atoms with van der Waals surface area (Å²) in [6, 6.07) is 0. The molecular formula is C12H18ClIN2O. The van der Waals surface area contributed by atoms with Gasteiger partial charge in [-0.15, -0.1) is 0 Å². The number of hydrogen-bond donors (Lipinski definition) is 0. The first-order chi connectivity index (χ1) is 7.86. The van der Waals surface area contributed by atoms with Crippen molar-refractivity contribution in [1.82, 2.24) is 9.97 Å². The fourth-order valence-electron chi connectivity index (χ4n) is 1.45. The Balaban J connectivity index is 2.98. The fraction of sp³-hybridized carbons (Fsp3) is 0.667. The highest BCUT2D eigenvalue weighted by atomic mass is 127. The molecule has 0 N–H and O–H groups in total. The summed E-state index contributed by atoms with van der Waals surface area (Å²) in [5, 5.41) is 0.554. The highest BCUT2D eigenvalue weighted by Crippen LogP contribution is 2.29. The molecule has 5 heteroatoms. The van der Waals surface area contributed by atoms with Gasteiger partial charge >= 0.3 is 0 Å². The Labute approximate surface area is 121 Å². The van der Waals surface area contributed by atoms with Gasteiger partial charge in [0.05, 0.1) is 9.26 Å². The molecule has 96 valence electrons. The van der Waals surface area contributed by atoms with Crippen LogP contribution in [0.25, 0.3) is 0 Å². The topological polar surface area (TPSA) is 35.0 Å². The number of rotatable bonds is 4. The molecule has 0 bridgehead atoms. The zero-order valence-corrected chi connectivity index (χ0v) is 13.6. The van der Waals surface area contributed by atoms with E-state index in [-0.39, 0.29) is 5.41 Å². The van der Waals surface area contributed by atoms with E-state index in [0.717, 1.165) is 34.5 Å². The molecule has 1 rings (SSSR count). The average molecular weight is 369 g/mol. The molecule has 0 unspecified atom stereocenters. The number of halogens is 2. The monoisotopic (exact) mass is 368 g/mol. The summed E-state index contributed by atoms with van der Waals surface area (Å²) < 4.78 is 5.98. The van der Waals surface area contributed by atoms with Crippen molar-refractivity contribution in [1.29, 1.82) is 0 Å². The van der Waals surface area contributed by atoms with Crippen LogP contribution < -0.4 is 0 Å². The summed E-state index contributed by atoms with van der Waals surface area (Å²) in [5.74, 6) is 0.803. The third-order valence-electron chi connectivity index (χ3n) is 2.32.